The van der Waals surface area contributed by atoms with E-state index in [9.17, 15) is 12.9 Å². The van der Waals surface area contributed by atoms with Gasteiger partial charge in [0.15, 0.2) is 0 Å². The molecule has 0 spiro atoms. The monoisotopic (exact) mass is 261 g/mol. The van der Waals surface area contributed by atoms with Crippen molar-refractivity contribution < 1.29 is 22.4 Å². The Balaban J connectivity index is 2.65. The third kappa shape index (κ3) is 4.60. The summed E-state index contributed by atoms with van der Waals surface area (Å²) >= 11 is 0. The molecule has 6 heteroatoms. The van der Waals surface area contributed by atoms with E-state index >= 15 is 0 Å². The number of benzene rings is 1. The van der Waals surface area contributed by atoms with Crippen LogP contribution >= 0.6 is 0 Å². The molecule has 0 aromatic heterocycles. The van der Waals surface area contributed by atoms with Crippen molar-refractivity contribution in [3.05, 3.63) is 23.8 Å². The summed E-state index contributed by atoms with van der Waals surface area (Å²) in [5.41, 5.74) is -0.0859. The fourth-order valence-electron chi connectivity index (χ4n) is 1.54. The second-order valence-electron chi connectivity index (χ2n) is 4.01. The zero-order valence-electron chi connectivity index (χ0n) is 10.6. The van der Waals surface area contributed by atoms with E-state index in [2.05, 4.69) is 0 Å². The van der Waals surface area contributed by atoms with Gasteiger partial charge in [-0.15, -0.1) is 0 Å². The molecule has 0 unspecified atom stereocenters. The Bertz CT molecular complexity index is 380. The van der Waals surface area contributed by atoms with Crippen molar-refractivity contribution in [1.29, 1.82) is 0 Å². The fraction of sp³-hybridized carbons (Fsp3) is 0.500. The lowest BCUT2D eigenvalue weighted by Gasteiger charge is -2.20. The van der Waals surface area contributed by atoms with Crippen molar-refractivity contribution in [2.45, 2.75) is 20.3 Å². The van der Waals surface area contributed by atoms with E-state index in [1.54, 1.807) is 13.0 Å². The Labute approximate surface area is 105 Å². The fourth-order valence-corrected chi connectivity index (χ4v) is 1.54. The molecule has 0 aliphatic heterocycles. The molecule has 1 aromatic carbocycles. The zero-order valence-corrected chi connectivity index (χ0v) is 10.6. The normalized spacial score (nSPS) is 11.6. The summed E-state index contributed by atoms with van der Waals surface area (Å²) in [5.74, 6) is -0.0930. The number of aryl methyl sites for hydroxylation is 1. The summed E-state index contributed by atoms with van der Waals surface area (Å²) in [6.07, 6.45) is 0.575. The smallest absolute Gasteiger partial charge is 0.496 e. The molecule has 0 amide bonds. The van der Waals surface area contributed by atoms with Crippen LogP contribution in [0.4, 0.5) is 12.9 Å². The van der Waals surface area contributed by atoms with Crippen molar-refractivity contribution in [3.8, 4) is 5.75 Å². The molecule has 0 heterocycles. The Hall–Kier alpha value is -1.17. The molecule has 0 radical (unpaired) electrons. The summed E-state index contributed by atoms with van der Waals surface area (Å²) in [4.78, 5) is 0. The van der Waals surface area contributed by atoms with Crippen LogP contribution < -0.4 is 10.2 Å². The quantitative estimate of drug-likeness (QED) is 0.555. The van der Waals surface area contributed by atoms with Crippen molar-refractivity contribution in [2.24, 2.45) is 0 Å². The zero-order chi connectivity index (χ0) is 13.6. The lowest BCUT2D eigenvalue weighted by molar-refractivity contribution is 0.131. The molecule has 0 aliphatic rings. The van der Waals surface area contributed by atoms with E-state index < -0.39 is 12.4 Å². The lowest BCUT2D eigenvalue weighted by atomic mass is 9.78. The van der Waals surface area contributed by atoms with Crippen LogP contribution in [0.1, 0.15) is 18.9 Å². The van der Waals surface area contributed by atoms with Gasteiger partial charge in [0, 0.05) is 19.6 Å². The minimum Gasteiger partial charge on any atom is -0.496 e. The average molecular weight is 261 g/mol. The van der Waals surface area contributed by atoms with Crippen molar-refractivity contribution in [3.63, 3.8) is 0 Å². The second kappa shape index (κ2) is 6.68. The highest BCUT2D eigenvalue weighted by Gasteiger charge is 2.29. The molecule has 1 aromatic rings. The summed E-state index contributed by atoms with van der Waals surface area (Å²) < 4.78 is 48.7. The number of rotatable bonds is 7. The molecule has 0 aliphatic carbocycles. The molecule has 102 valence electrons. The van der Waals surface area contributed by atoms with Crippen molar-refractivity contribution in [1.82, 2.24) is 0 Å². The van der Waals surface area contributed by atoms with E-state index in [0.29, 0.717) is 25.2 Å². The second-order valence-corrected chi connectivity index (χ2v) is 4.01. The van der Waals surface area contributed by atoms with Crippen molar-refractivity contribution in [2.75, 3.05) is 19.8 Å². The molecule has 2 nitrogen and oxygen atoms in total. The first-order chi connectivity index (χ1) is 8.45. The van der Waals surface area contributed by atoms with E-state index in [1.165, 1.54) is 6.07 Å². The molecule has 0 bridgehead atoms. The lowest BCUT2D eigenvalue weighted by Crippen LogP contribution is -2.35. The van der Waals surface area contributed by atoms with Gasteiger partial charge in [0.25, 0.3) is 0 Å². The van der Waals surface area contributed by atoms with Crippen LogP contribution in [0, 0.1) is 6.92 Å². The predicted octanol–water partition coefficient (Wildman–Crippen LogP) is 2.85. The van der Waals surface area contributed by atoms with Crippen LogP contribution in [-0.2, 0) is 4.74 Å². The molecule has 0 fully saturated rings. The van der Waals surface area contributed by atoms with Crippen LogP contribution in [0.5, 0.6) is 5.75 Å². The molecular weight excluding hydrogens is 244 g/mol. The predicted molar refractivity (Wildman–Crippen MR) is 66.5 cm³/mol. The maximum Gasteiger partial charge on any atom is 0.513 e. The maximum absolute atomic E-state index is 12.8. The van der Waals surface area contributed by atoms with Gasteiger partial charge in [-0.3, -0.25) is 0 Å². The average Bonchev–Trinajstić information content (AvgIpc) is 2.29. The summed E-state index contributed by atoms with van der Waals surface area (Å²) in [6, 6.07) is 4.11. The summed E-state index contributed by atoms with van der Waals surface area (Å²) in [7, 11) is 0. The third-order valence-electron chi connectivity index (χ3n) is 2.41. The number of halogens is 3. The Morgan fingerprint density at radius 1 is 1.17 bits per heavy atom. The van der Waals surface area contributed by atoms with E-state index in [1.807, 2.05) is 6.92 Å². The Morgan fingerprint density at radius 2 is 1.89 bits per heavy atom. The first-order valence-electron chi connectivity index (χ1n) is 5.96. The van der Waals surface area contributed by atoms with Crippen molar-refractivity contribution >= 4 is 12.4 Å². The largest absolute Gasteiger partial charge is 0.513 e. The first kappa shape index (κ1) is 14.9. The Morgan fingerprint density at radius 3 is 2.50 bits per heavy atom. The third-order valence-corrected chi connectivity index (χ3v) is 2.41. The van der Waals surface area contributed by atoms with Crippen LogP contribution in [0.15, 0.2) is 18.2 Å². The Kier molecular flexibility index (Phi) is 5.53. The number of hydrogen-bond acceptors (Lipinski definition) is 2. The summed E-state index contributed by atoms with van der Waals surface area (Å²) in [5, 5.41) is 0. The van der Waals surface area contributed by atoms with Gasteiger partial charge in [0.1, 0.15) is 0 Å². The van der Waals surface area contributed by atoms with E-state index in [-0.39, 0.29) is 12.4 Å². The molecule has 1 rings (SSSR count). The maximum atomic E-state index is 12.8. The molecule has 0 saturated carbocycles. The molecule has 0 saturated heterocycles. The molecule has 18 heavy (non-hydrogen) atoms. The van der Waals surface area contributed by atoms with Crippen LogP contribution in [-0.4, -0.2) is 26.8 Å². The standard InChI is InChI=1S/C12H17BF3O2/c1-3-17-7-4-8-18-12-6-5-10(2)9-11(12)13(14,15)16/h5-6,9H,3-4,7-8H2,1-2H3/q-1. The minimum atomic E-state index is -5.04. The van der Waals surface area contributed by atoms with Gasteiger partial charge in [-0.05, 0) is 19.9 Å². The van der Waals surface area contributed by atoms with E-state index in [0.717, 1.165) is 6.07 Å². The first-order valence-corrected chi connectivity index (χ1v) is 5.96. The van der Waals surface area contributed by atoms with Gasteiger partial charge < -0.3 is 22.4 Å². The molecule has 0 N–H and O–H groups in total. The van der Waals surface area contributed by atoms with Gasteiger partial charge in [0.05, 0.1) is 12.4 Å². The molecule has 0 atom stereocenters. The minimum absolute atomic E-state index is 0.0930. The van der Waals surface area contributed by atoms with Crippen LogP contribution in [0.3, 0.4) is 0 Å². The highest BCUT2D eigenvalue weighted by molar-refractivity contribution is 6.74. The topological polar surface area (TPSA) is 18.5 Å². The van der Waals surface area contributed by atoms with Crippen LogP contribution in [0.2, 0.25) is 0 Å². The number of ether oxygens (including phenoxy) is 2. The van der Waals surface area contributed by atoms with Gasteiger partial charge in [0.2, 0.25) is 0 Å². The van der Waals surface area contributed by atoms with Gasteiger partial charge in [-0.2, -0.15) is 0 Å². The summed E-state index contributed by atoms with van der Waals surface area (Å²) in [6.45, 7) is -0.228. The molecular formula is C12H17BF3O2-. The van der Waals surface area contributed by atoms with Gasteiger partial charge in [-0.25, -0.2) is 0 Å². The highest BCUT2D eigenvalue weighted by Crippen LogP contribution is 2.19. The SMILES string of the molecule is CCOCCCOc1ccc(C)cc1[B-](F)(F)F. The van der Waals surface area contributed by atoms with Gasteiger partial charge in [-0.1, -0.05) is 23.2 Å². The van der Waals surface area contributed by atoms with Crippen LogP contribution in [0.25, 0.3) is 0 Å². The number of hydrogen-bond donors (Lipinski definition) is 0. The van der Waals surface area contributed by atoms with E-state index in [4.69, 9.17) is 9.47 Å². The highest BCUT2D eigenvalue weighted by atomic mass is 19.4. The van der Waals surface area contributed by atoms with Gasteiger partial charge >= 0.3 is 6.98 Å².